The smallest absolute Gasteiger partial charge is 0.312 e. The van der Waals surface area contributed by atoms with E-state index in [4.69, 9.17) is 38.6 Å². The van der Waals surface area contributed by atoms with Crippen LogP contribution in [0.1, 0.15) is 440 Å². The molecule has 0 radical (unpaired) electrons. The van der Waals surface area contributed by atoms with Crippen LogP contribution >= 0.6 is 0 Å². The van der Waals surface area contributed by atoms with Gasteiger partial charge < -0.3 is 38.6 Å². The molecule has 16 heteroatoms. The molecule has 2 aliphatic heterocycles. The highest BCUT2D eigenvalue weighted by molar-refractivity contribution is 5.80. The Morgan fingerprint density at radius 3 is 0.918 bits per heavy atom. The lowest BCUT2D eigenvalue weighted by molar-refractivity contribution is -0.218. The second-order valence-corrected chi connectivity index (χ2v) is 34.2. The van der Waals surface area contributed by atoms with E-state index >= 15 is 0 Å². The number of carbonyl (C=O) groups is 8. The van der Waals surface area contributed by atoms with Crippen LogP contribution in [-0.2, 0) is 66.8 Å². The van der Waals surface area contributed by atoms with Gasteiger partial charge in [-0.3, -0.25) is 38.4 Å². The lowest BCUT2D eigenvalue weighted by atomic mass is 9.49. The third-order valence-corrected chi connectivity index (χ3v) is 25.7. The summed E-state index contributed by atoms with van der Waals surface area (Å²) in [5.41, 5.74) is -4.36. The van der Waals surface area contributed by atoms with Crippen molar-refractivity contribution in [3.8, 4) is 0 Å². The Morgan fingerprint density at radius 2 is 0.655 bits per heavy atom. The molecule has 16 nitrogen and oxygen atoms in total. The van der Waals surface area contributed by atoms with Crippen LogP contribution in [0.25, 0.3) is 0 Å². The molecule has 2 heterocycles. The maximum atomic E-state index is 12.6. The van der Waals surface area contributed by atoms with E-state index in [2.05, 4.69) is 27.7 Å². The lowest BCUT2D eigenvalue weighted by Gasteiger charge is -2.60. The Bertz CT molecular complexity index is 2430. The minimum Gasteiger partial charge on any atom is -0.481 e. The molecular weight excluding hydrogens is 1390 g/mol. The molecule has 12 bridgehead atoms. The molecule has 110 heavy (non-hydrogen) atoms. The summed E-state index contributed by atoms with van der Waals surface area (Å²) >= 11 is 0. The first-order chi connectivity index (χ1) is 42.4. The molecule has 12 rings (SSSR count). The van der Waals surface area contributed by atoms with Crippen molar-refractivity contribution < 1.29 is 77.0 Å². The summed E-state index contributed by atoms with van der Waals surface area (Å²) in [4.78, 5) is 93.1. The van der Waals surface area contributed by atoms with Gasteiger partial charge in [0.2, 0.25) is 0 Å². The summed E-state index contributed by atoms with van der Waals surface area (Å²) < 4.78 is 34.6. The maximum Gasteiger partial charge on any atom is 0.312 e. The van der Waals surface area contributed by atoms with E-state index < -0.39 is 44.8 Å². The van der Waals surface area contributed by atoms with Crippen LogP contribution in [-0.4, -0.2) is 92.6 Å². The van der Waals surface area contributed by atoms with E-state index in [1.54, 1.807) is 27.7 Å². The molecule has 0 amide bonds. The third kappa shape index (κ3) is 30.8. The first-order valence-electron chi connectivity index (χ1n) is 36.2. The SMILES string of the molecule is C.C.C.C.C.C.C.C.C.C.C.C.C.C.C.C.C.C.CCC(C)(C)C(=O)O.CCC(C)(C)C(=O)O.CCC(C)(C)C(=O)OC1(C)CCC2CC1(C)OC2=O.CCC(C)(C)C(=O)OC1(CC)C2CC3CC(C2)CC1C3.CCC(C)(C)C(=O)OC1(CC)C2CC3CC(C2)CC1C3.CCC(C)(C)C(=O)OC1CCC2CC1OC2=O. The standard InChI is InChI=1S/2C18H30O2.C15H24O4.C13H20O4.2C6H12O2.18CH4/c2*1-5-17(3,4)16(19)20-18(6-2)14-8-12-7-13(10-14)11-15(18)9-12;1-6-13(2,3)12(17)19-14(4)8-7-10-9-15(14,5)18-11(10)16;1-4-13(2,3)12(15)17-9-6-5-8-7-10(9)16-11(8)14;2*1-4-6(2,3)5(7)8;;;;;;;;;;;;;;;;;;/h2*12-15H,5-11H2,1-4H3;10H,6-9H2,1-5H3;8-10H,4-7H2,1-3H3;2*4H2,1-3H3,(H,7,8);18*1H4. The summed E-state index contributed by atoms with van der Waals surface area (Å²) in [5, 5.41) is 16.9. The number of hydrogen-bond donors (Lipinski definition) is 2. The zero-order valence-electron chi connectivity index (χ0n) is 61.5. The first kappa shape index (κ1) is 138. The van der Waals surface area contributed by atoms with Crippen molar-refractivity contribution in [3.05, 3.63) is 0 Å². The van der Waals surface area contributed by atoms with Crippen LogP contribution < -0.4 is 0 Å². The van der Waals surface area contributed by atoms with Gasteiger partial charge in [0.15, 0.2) is 0 Å². The van der Waals surface area contributed by atoms with Gasteiger partial charge in [0.25, 0.3) is 0 Å². The van der Waals surface area contributed by atoms with Gasteiger partial charge in [-0.05, 0) is 286 Å². The molecule has 2 N–H and O–H groups in total. The Labute approximate surface area is 687 Å². The zero-order valence-corrected chi connectivity index (χ0v) is 61.5. The number of fused-ring (bicyclic) bond motifs is 4. The van der Waals surface area contributed by atoms with Crippen LogP contribution in [0.2, 0.25) is 0 Å². The Balaban J connectivity index is -0.0000000832. The van der Waals surface area contributed by atoms with Crippen molar-refractivity contribution in [2.75, 3.05) is 0 Å². The monoisotopic (exact) mass is 1590 g/mol. The minimum absolute atomic E-state index is 0. The fourth-order valence-electron chi connectivity index (χ4n) is 15.9. The second-order valence-electron chi connectivity index (χ2n) is 34.2. The number of carbonyl (C=O) groups excluding carboxylic acids is 6. The van der Waals surface area contributed by atoms with Crippen LogP contribution in [0.15, 0.2) is 0 Å². The molecule has 0 aromatic heterocycles. The van der Waals surface area contributed by atoms with Crippen molar-refractivity contribution in [2.45, 2.75) is 475 Å². The van der Waals surface area contributed by atoms with Gasteiger partial charge in [-0.2, -0.15) is 0 Å². The van der Waals surface area contributed by atoms with E-state index in [1.165, 1.54) is 64.2 Å². The average Bonchev–Trinajstić information content (AvgIpc) is 0.950. The maximum absolute atomic E-state index is 12.6. The van der Waals surface area contributed by atoms with Crippen molar-refractivity contribution in [1.82, 2.24) is 0 Å². The van der Waals surface area contributed by atoms with Crippen molar-refractivity contribution in [1.29, 1.82) is 0 Å². The Kier molecular flexibility index (Phi) is 66.5. The van der Waals surface area contributed by atoms with Crippen LogP contribution in [0, 0.1) is 91.7 Å². The number of ether oxygens (including phenoxy) is 6. The molecule has 12 fully saturated rings. The van der Waals surface area contributed by atoms with Crippen molar-refractivity contribution >= 4 is 47.8 Å². The Hall–Kier alpha value is -4.24. The molecule has 6 unspecified atom stereocenters. The summed E-state index contributed by atoms with van der Waals surface area (Å²) in [6.07, 6.45) is 23.8. The first-order valence-corrected chi connectivity index (χ1v) is 36.2. The molecule has 0 aromatic rings. The molecule has 10 aliphatic carbocycles. The molecule has 6 atom stereocenters. The van der Waals surface area contributed by atoms with E-state index in [0.29, 0.717) is 55.8 Å². The fourth-order valence-corrected chi connectivity index (χ4v) is 15.9. The molecule has 12 aliphatic rings. The van der Waals surface area contributed by atoms with Crippen LogP contribution in [0.5, 0.6) is 0 Å². The number of hydrogen-bond acceptors (Lipinski definition) is 14. The van der Waals surface area contributed by atoms with Gasteiger partial charge in [-0.25, -0.2) is 0 Å². The number of carboxylic acid groups (broad SMARTS) is 2. The summed E-state index contributed by atoms with van der Waals surface area (Å²) in [7, 11) is 0. The van der Waals surface area contributed by atoms with Crippen molar-refractivity contribution in [2.24, 2.45) is 91.7 Å². The minimum atomic E-state index is -0.722. The predicted octanol–water partition coefficient (Wildman–Crippen LogP) is 28.5. The highest BCUT2D eigenvalue weighted by atomic mass is 16.6. The van der Waals surface area contributed by atoms with E-state index in [9.17, 15) is 38.4 Å². The average molecular weight is 1590 g/mol. The quantitative estimate of drug-likeness (QED) is 0.0959. The van der Waals surface area contributed by atoms with Gasteiger partial charge in [-0.15, -0.1) is 0 Å². The normalized spacial score (nSPS) is 28.7. The molecule has 0 aromatic carbocycles. The topological polar surface area (TPSA) is 232 Å². The summed E-state index contributed by atoms with van der Waals surface area (Å²) in [6, 6.07) is 0. The van der Waals surface area contributed by atoms with Gasteiger partial charge in [-0.1, -0.05) is 189 Å². The van der Waals surface area contributed by atoms with Gasteiger partial charge in [0.05, 0.1) is 44.3 Å². The van der Waals surface area contributed by atoms with Gasteiger partial charge in [0.1, 0.15) is 34.6 Å². The summed E-state index contributed by atoms with van der Waals surface area (Å²) in [6.45, 7) is 42.6. The molecule has 2 saturated heterocycles. The Morgan fingerprint density at radius 1 is 0.373 bits per heavy atom. The zero-order chi connectivity index (χ0) is 69.8. The third-order valence-electron chi connectivity index (χ3n) is 25.7. The van der Waals surface area contributed by atoms with Gasteiger partial charge >= 0.3 is 47.8 Å². The van der Waals surface area contributed by atoms with Gasteiger partial charge in [0, 0.05) is 12.8 Å². The van der Waals surface area contributed by atoms with Crippen LogP contribution in [0.3, 0.4) is 0 Å². The van der Waals surface area contributed by atoms with E-state index in [-0.39, 0.29) is 216 Å². The number of esters is 6. The molecule has 672 valence electrons. The molecular formula is C94H200O16. The highest BCUT2D eigenvalue weighted by Gasteiger charge is 2.63. The van der Waals surface area contributed by atoms with Crippen molar-refractivity contribution in [3.63, 3.8) is 0 Å². The van der Waals surface area contributed by atoms with Crippen LogP contribution in [0.4, 0.5) is 0 Å². The number of rotatable bonds is 18. The van der Waals surface area contributed by atoms with E-state index in [0.717, 1.165) is 81.5 Å². The summed E-state index contributed by atoms with van der Waals surface area (Å²) in [5.74, 6) is 4.25. The molecule has 0 spiro atoms. The lowest BCUT2D eigenvalue weighted by Crippen LogP contribution is -2.60. The molecule has 10 saturated carbocycles. The largest absolute Gasteiger partial charge is 0.481 e. The second kappa shape index (κ2) is 53.1. The fraction of sp³-hybridized carbons (Fsp3) is 0.915. The highest BCUT2D eigenvalue weighted by Crippen LogP contribution is 2.63. The predicted molar refractivity (Wildman–Crippen MR) is 477 cm³/mol. The number of aliphatic carboxylic acids is 2. The van der Waals surface area contributed by atoms with E-state index in [1.807, 2.05) is 96.9 Å². The number of carboxylic acids is 2.